The average Bonchev–Trinajstić information content (AvgIpc) is 2.65. The summed E-state index contributed by atoms with van der Waals surface area (Å²) in [6.07, 6.45) is 0.293. The number of hydrogen-bond acceptors (Lipinski definition) is 4. The van der Waals surface area contributed by atoms with Gasteiger partial charge in [-0.1, -0.05) is 11.6 Å². The van der Waals surface area contributed by atoms with E-state index in [4.69, 9.17) is 11.6 Å². The highest BCUT2D eigenvalue weighted by molar-refractivity contribution is 6.29. The van der Waals surface area contributed by atoms with Crippen molar-refractivity contribution in [3.63, 3.8) is 0 Å². The molecule has 5 nitrogen and oxygen atoms in total. The zero-order valence-corrected chi connectivity index (χ0v) is 9.22. The Kier molecular flexibility index (Phi) is 2.97. The van der Waals surface area contributed by atoms with Gasteiger partial charge in [0, 0.05) is 20.1 Å². The number of aromatic nitrogens is 2. The molecule has 2 N–H and O–H groups in total. The molecule has 1 saturated heterocycles. The Labute approximate surface area is 92.9 Å². The monoisotopic (exact) mass is 231 g/mol. The number of nitrogens with zero attached hydrogens (tertiary/aromatic N) is 3. The standard InChI is InChI=1S/C9H14ClN3O2/c1-12-8(10)2-11-9(12)5-13-3-6(14)7(15)4-13/h2,6-7,14-15H,3-5H2,1H3. The third-order valence-electron chi connectivity index (χ3n) is 2.73. The van der Waals surface area contributed by atoms with Crippen molar-refractivity contribution in [2.45, 2.75) is 18.8 Å². The first-order chi connectivity index (χ1) is 7.08. The van der Waals surface area contributed by atoms with E-state index in [0.29, 0.717) is 24.8 Å². The highest BCUT2D eigenvalue weighted by atomic mass is 35.5. The summed E-state index contributed by atoms with van der Waals surface area (Å²) in [6.45, 7) is 1.55. The van der Waals surface area contributed by atoms with Crippen LogP contribution in [0.25, 0.3) is 0 Å². The highest BCUT2D eigenvalue weighted by Gasteiger charge is 2.29. The normalized spacial score (nSPS) is 27.5. The first-order valence-electron chi connectivity index (χ1n) is 4.82. The number of hydrogen-bond donors (Lipinski definition) is 2. The Balaban J connectivity index is 2.01. The molecule has 6 heteroatoms. The molecule has 0 radical (unpaired) electrons. The van der Waals surface area contributed by atoms with Gasteiger partial charge in [-0.25, -0.2) is 4.98 Å². The largest absolute Gasteiger partial charge is 0.389 e. The van der Waals surface area contributed by atoms with Crippen LogP contribution in [0.5, 0.6) is 0 Å². The van der Waals surface area contributed by atoms with Crippen LogP contribution in [0.1, 0.15) is 5.82 Å². The van der Waals surface area contributed by atoms with E-state index in [1.165, 1.54) is 0 Å². The Hall–Kier alpha value is -0.620. The SMILES string of the molecule is Cn1c(Cl)cnc1CN1CC(O)C(O)C1. The van der Waals surface area contributed by atoms with Gasteiger partial charge in [0.1, 0.15) is 11.0 Å². The molecule has 2 rings (SSSR count). The molecule has 1 aromatic rings. The van der Waals surface area contributed by atoms with E-state index in [9.17, 15) is 10.2 Å². The molecule has 0 saturated carbocycles. The van der Waals surface area contributed by atoms with Gasteiger partial charge in [-0.3, -0.25) is 4.90 Å². The van der Waals surface area contributed by atoms with Gasteiger partial charge in [0.2, 0.25) is 0 Å². The van der Waals surface area contributed by atoms with Crippen LogP contribution >= 0.6 is 11.6 Å². The summed E-state index contributed by atoms with van der Waals surface area (Å²) >= 11 is 5.86. The third-order valence-corrected chi connectivity index (χ3v) is 3.08. The molecular formula is C9H14ClN3O2. The van der Waals surface area contributed by atoms with Crippen LogP contribution in [-0.4, -0.2) is 50.0 Å². The molecule has 1 fully saturated rings. The molecule has 15 heavy (non-hydrogen) atoms. The van der Waals surface area contributed by atoms with Crippen LogP contribution in [0.3, 0.4) is 0 Å². The van der Waals surface area contributed by atoms with E-state index in [0.717, 1.165) is 5.82 Å². The quantitative estimate of drug-likeness (QED) is 0.728. The zero-order valence-electron chi connectivity index (χ0n) is 8.47. The summed E-state index contributed by atoms with van der Waals surface area (Å²) in [6, 6.07) is 0. The number of imidazole rings is 1. The van der Waals surface area contributed by atoms with Crippen LogP contribution in [-0.2, 0) is 13.6 Å². The highest BCUT2D eigenvalue weighted by Crippen LogP contribution is 2.15. The van der Waals surface area contributed by atoms with Crippen molar-refractivity contribution in [1.82, 2.24) is 14.5 Å². The average molecular weight is 232 g/mol. The Morgan fingerprint density at radius 2 is 2.07 bits per heavy atom. The van der Waals surface area contributed by atoms with Crippen molar-refractivity contribution in [3.05, 3.63) is 17.2 Å². The second-order valence-electron chi connectivity index (χ2n) is 3.88. The number of rotatable bonds is 2. The number of aliphatic hydroxyl groups excluding tert-OH is 2. The lowest BCUT2D eigenvalue weighted by atomic mass is 10.3. The van der Waals surface area contributed by atoms with E-state index >= 15 is 0 Å². The minimum Gasteiger partial charge on any atom is -0.389 e. The molecule has 0 amide bonds. The second kappa shape index (κ2) is 4.09. The van der Waals surface area contributed by atoms with E-state index in [1.54, 1.807) is 10.8 Å². The van der Waals surface area contributed by atoms with Crippen LogP contribution in [0, 0.1) is 0 Å². The summed E-state index contributed by atoms with van der Waals surface area (Å²) in [7, 11) is 1.84. The predicted molar refractivity (Wildman–Crippen MR) is 55.5 cm³/mol. The van der Waals surface area contributed by atoms with Crippen molar-refractivity contribution in [2.75, 3.05) is 13.1 Å². The van der Waals surface area contributed by atoms with Gasteiger partial charge in [-0.2, -0.15) is 0 Å². The maximum atomic E-state index is 9.38. The predicted octanol–water partition coefficient (Wildman–Crippen LogP) is -0.389. The van der Waals surface area contributed by atoms with Crippen LogP contribution in [0.4, 0.5) is 0 Å². The van der Waals surface area contributed by atoms with Crippen LogP contribution in [0.2, 0.25) is 5.15 Å². The van der Waals surface area contributed by atoms with Gasteiger partial charge >= 0.3 is 0 Å². The van der Waals surface area contributed by atoms with Gasteiger partial charge in [0.05, 0.1) is 24.9 Å². The first-order valence-corrected chi connectivity index (χ1v) is 5.20. The van der Waals surface area contributed by atoms with Crippen molar-refractivity contribution >= 4 is 11.6 Å². The molecule has 1 aromatic heterocycles. The molecule has 1 aliphatic heterocycles. The number of halogens is 1. The van der Waals surface area contributed by atoms with Crippen LogP contribution in [0.15, 0.2) is 6.20 Å². The van der Waals surface area contributed by atoms with E-state index in [1.807, 2.05) is 11.9 Å². The summed E-state index contributed by atoms with van der Waals surface area (Å²) in [5, 5.41) is 19.3. The topological polar surface area (TPSA) is 61.5 Å². The summed E-state index contributed by atoms with van der Waals surface area (Å²) in [4.78, 5) is 6.11. The second-order valence-corrected chi connectivity index (χ2v) is 4.27. The molecular weight excluding hydrogens is 218 g/mol. The molecule has 1 aliphatic rings. The van der Waals surface area contributed by atoms with Crippen LogP contribution < -0.4 is 0 Å². The number of β-amino-alcohol motifs (C(OH)–C–C–N with tert-alkyl or cyclic N) is 2. The minimum absolute atomic E-state index is 0.478. The lowest BCUT2D eigenvalue weighted by Gasteiger charge is -2.14. The summed E-state index contributed by atoms with van der Waals surface area (Å²) in [5.41, 5.74) is 0. The van der Waals surface area contributed by atoms with E-state index < -0.39 is 12.2 Å². The van der Waals surface area contributed by atoms with E-state index in [2.05, 4.69) is 4.98 Å². The molecule has 0 aliphatic carbocycles. The lowest BCUT2D eigenvalue weighted by molar-refractivity contribution is 0.0572. The minimum atomic E-state index is -0.652. The Bertz CT molecular complexity index is 345. The smallest absolute Gasteiger partial charge is 0.128 e. The van der Waals surface area contributed by atoms with Gasteiger partial charge < -0.3 is 14.8 Å². The summed E-state index contributed by atoms with van der Waals surface area (Å²) in [5.74, 6) is 0.835. The molecule has 2 heterocycles. The van der Waals surface area contributed by atoms with Crippen molar-refractivity contribution in [3.8, 4) is 0 Å². The molecule has 2 unspecified atom stereocenters. The van der Waals surface area contributed by atoms with Crippen molar-refractivity contribution in [2.24, 2.45) is 7.05 Å². The summed E-state index contributed by atoms with van der Waals surface area (Å²) < 4.78 is 1.79. The van der Waals surface area contributed by atoms with Crippen molar-refractivity contribution < 1.29 is 10.2 Å². The Morgan fingerprint density at radius 1 is 1.47 bits per heavy atom. The molecule has 0 aromatic carbocycles. The maximum absolute atomic E-state index is 9.38. The lowest BCUT2D eigenvalue weighted by Crippen LogP contribution is -2.23. The molecule has 0 spiro atoms. The first kappa shape index (κ1) is 10.9. The fourth-order valence-electron chi connectivity index (χ4n) is 1.75. The third kappa shape index (κ3) is 2.15. The van der Waals surface area contributed by atoms with Gasteiger partial charge in [0.15, 0.2) is 0 Å². The van der Waals surface area contributed by atoms with Gasteiger partial charge in [-0.15, -0.1) is 0 Å². The van der Waals surface area contributed by atoms with E-state index in [-0.39, 0.29) is 0 Å². The molecule has 84 valence electrons. The number of aliphatic hydroxyl groups is 2. The molecule has 0 bridgehead atoms. The Morgan fingerprint density at radius 3 is 2.53 bits per heavy atom. The molecule has 2 atom stereocenters. The fourth-order valence-corrected chi connectivity index (χ4v) is 1.89. The van der Waals surface area contributed by atoms with Gasteiger partial charge in [-0.05, 0) is 0 Å². The fraction of sp³-hybridized carbons (Fsp3) is 0.667. The zero-order chi connectivity index (χ0) is 11.0. The maximum Gasteiger partial charge on any atom is 0.128 e. The number of likely N-dealkylation sites (tertiary alicyclic amines) is 1. The van der Waals surface area contributed by atoms with Crippen molar-refractivity contribution in [1.29, 1.82) is 0 Å². The van der Waals surface area contributed by atoms with Gasteiger partial charge in [0.25, 0.3) is 0 Å².